The van der Waals surface area contributed by atoms with E-state index in [-0.39, 0.29) is 10.1 Å². The zero-order valence-corrected chi connectivity index (χ0v) is 14.0. The smallest absolute Gasteiger partial charge is 0.252 e. The fraction of sp³-hybridized carbons (Fsp3) is 0.615. The third-order valence-corrected chi connectivity index (χ3v) is 5.57. The van der Waals surface area contributed by atoms with Crippen molar-refractivity contribution in [3.63, 3.8) is 0 Å². The van der Waals surface area contributed by atoms with Crippen LogP contribution in [0.15, 0.2) is 9.59 Å². The number of ether oxygens (including phenoxy) is 1. The average molecular weight is 334 g/mol. The number of primary sulfonamides is 1. The molecule has 1 heterocycles. The van der Waals surface area contributed by atoms with Crippen LogP contribution in [0.2, 0.25) is 0 Å². The molecule has 8 heteroatoms. The summed E-state index contributed by atoms with van der Waals surface area (Å²) < 4.78 is 28.1. The van der Waals surface area contributed by atoms with Gasteiger partial charge in [-0.15, -0.1) is 11.3 Å². The van der Waals surface area contributed by atoms with E-state index in [1.54, 1.807) is 6.92 Å². The highest BCUT2D eigenvalue weighted by molar-refractivity contribution is 7.91. The number of unbranched alkanes of at least 4 members (excludes halogenated alkanes) is 1. The van der Waals surface area contributed by atoms with Crippen molar-refractivity contribution in [1.82, 2.24) is 5.32 Å². The number of thiophene rings is 1. The first-order chi connectivity index (χ1) is 9.88. The van der Waals surface area contributed by atoms with Crippen molar-refractivity contribution in [2.75, 3.05) is 19.8 Å². The molecule has 21 heavy (non-hydrogen) atoms. The zero-order chi connectivity index (χ0) is 15.9. The number of nitrogens with one attached hydrogen (secondary N) is 1. The highest BCUT2D eigenvalue weighted by Crippen LogP contribution is 2.25. The molecular formula is C13H22N2O4S2. The fourth-order valence-corrected chi connectivity index (χ4v) is 3.74. The Hall–Kier alpha value is -0.960. The van der Waals surface area contributed by atoms with Gasteiger partial charge < -0.3 is 10.1 Å². The lowest BCUT2D eigenvalue weighted by Gasteiger charge is -2.06. The summed E-state index contributed by atoms with van der Waals surface area (Å²) in [6.45, 7) is 5.52. The monoisotopic (exact) mass is 334 g/mol. The van der Waals surface area contributed by atoms with E-state index in [0.717, 1.165) is 37.2 Å². The van der Waals surface area contributed by atoms with Crippen LogP contribution in [-0.2, 0) is 14.8 Å². The van der Waals surface area contributed by atoms with Crippen molar-refractivity contribution in [1.29, 1.82) is 0 Å². The summed E-state index contributed by atoms with van der Waals surface area (Å²) in [7, 11) is -3.77. The van der Waals surface area contributed by atoms with Crippen molar-refractivity contribution >= 4 is 27.3 Å². The first kappa shape index (κ1) is 18.1. The Labute approximate surface area is 129 Å². The van der Waals surface area contributed by atoms with Gasteiger partial charge in [-0.05, 0) is 25.3 Å². The van der Waals surface area contributed by atoms with Crippen LogP contribution in [-0.4, -0.2) is 34.1 Å². The topological polar surface area (TPSA) is 98.5 Å². The molecular weight excluding hydrogens is 312 g/mol. The third kappa shape index (κ3) is 5.74. The number of sulfonamides is 1. The zero-order valence-electron chi connectivity index (χ0n) is 12.3. The molecule has 0 unspecified atom stereocenters. The molecule has 0 aromatic carbocycles. The second-order valence-corrected chi connectivity index (χ2v) is 7.32. The summed E-state index contributed by atoms with van der Waals surface area (Å²) in [5, 5.41) is 9.35. The van der Waals surface area contributed by atoms with Crippen LogP contribution in [0.1, 0.15) is 42.1 Å². The number of hydrogen-bond donors (Lipinski definition) is 2. The predicted octanol–water partition coefficient (Wildman–Crippen LogP) is 1.64. The van der Waals surface area contributed by atoms with E-state index >= 15 is 0 Å². The summed E-state index contributed by atoms with van der Waals surface area (Å²) in [5.41, 5.74) is 0.759. The van der Waals surface area contributed by atoms with Crippen LogP contribution in [0.3, 0.4) is 0 Å². The Morgan fingerprint density at radius 3 is 2.62 bits per heavy atom. The first-order valence-corrected chi connectivity index (χ1v) is 9.27. The maximum atomic E-state index is 12.0. The summed E-state index contributed by atoms with van der Waals surface area (Å²) in [6.07, 6.45) is 2.86. The van der Waals surface area contributed by atoms with Gasteiger partial charge in [-0.25, -0.2) is 13.6 Å². The summed E-state index contributed by atoms with van der Waals surface area (Å²) in [5.74, 6) is -0.285. The third-order valence-electron chi connectivity index (χ3n) is 2.89. The summed E-state index contributed by atoms with van der Waals surface area (Å²) in [6, 6.07) is 0. The van der Waals surface area contributed by atoms with Gasteiger partial charge >= 0.3 is 0 Å². The highest BCUT2D eigenvalue weighted by Gasteiger charge is 2.20. The number of nitrogens with two attached hydrogens (primary N) is 1. The molecule has 0 aliphatic heterocycles. The largest absolute Gasteiger partial charge is 0.381 e. The maximum Gasteiger partial charge on any atom is 0.252 e. The Kier molecular flexibility index (Phi) is 7.30. The van der Waals surface area contributed by atoms with Crippen LogP contribution >= 0.6 is 11.3 Å². The molecule has 0 fully saturated rings. The quantitative estimate of drug-likeness (QED) is 0.671. The van der Waals surface area contributed by atoms with Crippen molar-refractivity contribution in [2.24, 2.45) is 5.14 Å². The molecule has 3 N–H and O–H groups in total. The second-order valence-electron chi connectivity index (χ2n) is 4.68. The standard InChI is InChI=1S/C13H22N2O4S2/c1-3-4-7-19-8-5-6-15-12(16)11-9-20-13(10(11)2)21(14,17)18/h9H,3-8H2,1-2H3,(H,15,16)(H2,14,17,18). The highest BCUT2D eigenvalue weighted by atomic mass is 32.2. The Balaban J connectivity index is 2.42. The van der Waals surface area contributed by atoms with E-state index in [1.165, 1.54) is 5.38 Å². The fourth-order valence-electron chi connectivity index (χ4n) is 1.72. The molecule has 6 nitrogen and oxygen atoms in total. The van der Waals surface area contributed by atoms with Crippen molar-refractivity contribution in [3.05, 3.63) is 16.5 Å². The van der Waals surface area contributed by atoms with Gasteiger partial charge in [0.15, 0.2) is 0 Å². The van der Waals surface area contributed by atoms with E-state index in [2.05, 4.69) is 12.2 Å². The molecule has 1 amide bonds. The van der Waals surface area contributed by atoms with Crippen molar-refractivity contribution in [2.45, 2.75) is 37.3 Å². The van der Waals surface area contributed by atoms with Gasteiger partial charge in [0.05, 0.1) is 5.56 Å². The molecule has 0 radical (unpaired) electrons. The van der Waals surface area contributed by atoms with E-state index in [4.69, 9.17) is 9.88 Å². The van der Waals surface area contributed by atoms with Crippen molar-refractivity contribution in [3.8, 4) is 0 Å². The normalized spacial score (nSPS) is 11.6. The number of amides is 1. The van der Waals surface area contributed by atoms with E-state index in [0.29, 0.717) is 24.3 Å². The van der Waals surface area contributed by atoms with Gasteiger partial charge in [0.1, 0.15) is 4.21 Å². The van der Waals surface area contributed by atoms with E-state index < -0.39 is 10.0 Å². The molecule has 0 atom stereocenters. The maximum absolute atomic E-state index is 12.0. The van der Waals surface area contributed by atoms with Gasteiger partial charge in [0.25, 0.3) is 5.91 Å². The molecule has 0 spiro atoms. The molecule has 1 aromatic heterocycles. The Morgan fingerprint density at radius 1 is 1.38 bits per heavy atom. The Morgan fingerprint density at radius 2 is 2.05 bits per heavy atom. The van der Waals surface area contributed by atoms with Gasteiger partial charge in [0.2, 0.25) is 10.0 Å². The van der Waals surface area contributed by atoms with E-state index in [1.807, 2.05) is 0 Å². The van der Waals surface area contributed by atoms with Crippen molar-refractivity contribution < 1.29 is 17.9 Å². The molecule has 0 aliphatic rings. The molecule has 0 saturated carbocycles. The molecule has 0 bridgehead atoms. The van der Waals surface area contributed by atoms with E-state index in [9.17, 15) is 13.2 Å². The number of rotatable bonds is 9. The lowest BCUT2D eigenvalue weighted by Crippen LogP contribution is -2.25. The minimum atomic E-state index is -3.77. The Bertz CT molecular complexity index is 567. The minimum absolute atomic E-state index is 0.0375. The lowest BCUT2D eigenvalue weighted by atomic mass is 10.2. The van der Waals surface area contributed by atoms with Crippen LogP contribution < -0.4 is 10.5 Å². The van der Waals surface area contributed by atoms with Crippen LogP contribution in [0.4, 0.5) is 0 Å². The van der Waals surface area contributed by atoms with Crippen LogP contribution in [0.25, 0.3) is 0 Å². The average Bonchev–Trinajstić information content (AvgIpc) is 2.79. The molecule has 1 aromatic rings. The molecule has 1 rings (SSSR count). The van der Waals surface area contributed by atoms with Gasteiger partial charge in [-0.2, -0.15) is 0 Å². The number of carbonyl (C=O) groups is 1. The minimum Gasteiger partial charge on any atom is -0.381 e. The lowest BCUT2D eigenvalue weighted by molar-refractivity contribution is 0.0940. The first-order valence-electron chi connectivity index (χ1n) is 6.84. The second kappa shape index (κ2) is 8.47. The number of hydrogen-bond acceptors (Lipinski definition) is 5. The molecule has 0 aliphatic carbocycles. The summed E-state index contributed by atoms with van der Waals surface area (Å²) in [4.78, 5) is 12.0. The van der Waals surface area contributed by atoms with Gasteiger partial charge in [0, 0.05) is 25.1 Å². The molecule has 0 saturated heterocycles. The number of carbonyl (C=O) groups excluding carboxylic acids is 1. The SMILES string of the molecule is CCCCOCCCNC(=O)c1csc(S(N)(=O)=O)c1C. The molecule has 120 valence electrons. The predicted molar refractivity (Wildman–Crippen MR) is 83.1 cm³/mol. The van der Waals surface area contributed by atoms with Crippen LogP contribution in [0, 0.1) is 6.92 Å². The van der Waals surface area contributed by atoms with Gasteiger partial charge in [-0.1, -0.05) is 13.3 Å². The summed E-state index contributed by atoms with van der Waals surface area (Å²) >= 11 is 0.966. The van der Waals surface area contributed by atoms with Crippen LogP contribution in [0.5, 0.6) is 0 Å². The van der Waals surface area contributed by atoms with Gasteiger partial charge in [-0.3, -0.25) is 4.79 Å².